The first-order valence-electron chi connectivity index (χ1n) is 9.13. The third kappa shape index (κ3) is 3.47. The third-order valence-electron chi connectivity index (χ3n) is 4.72. The molecule has 138 valence electrons. The number of fused-ring (bicyclic) bond motifs is 1. The summed E-state index contributed by atoms with van der Waals surface area (Å²) >= 11 is 0. The molecule has 1 heterocycles. The lowest BCUT2D eigenvalue weighted by molar-refractivity contribution is 0.306. The van der Waals surface area contributed by atoms with Gasteiger partial charge < -0.3 is 9.15 Å². The van der Waals surface area contributed by atoms with E-state index in [1.807, 2.05) is 73.7 Å². The molecule has 0 aliphatic carbocycles. The van der Waals surface area contributed by atoms with Crippen molar-refractivity contribution in [3.8, 4) is 16.9 Å². The number of hydrogen-bond acceptors (Lipinski definition) is 3. The molecule has 0 aliphatic rings. The summed E-state index contributed by atoms with van der Waals surface area (Å²) in [6.07, 6.45) is 1.81. The van der Waals surface area contributed by atoms with Gasteiger partial charge in [-0.2, -0.15) is 0 Å². The lowest BCUT2D eigenvalue weighted by atomic mass is 10.0. The van der Waals surface area contributed by atoms with Gasteiger partial charge in [0.1, 0.15) is 23.7 Å². The molecule has 0 saturated carbocycles. The average Bonchev–Trinajstić information content (AvgIpc) is 2.73. The fourth-order valence-corrected chi connectivity index (χ4v) is 3.23. The summed E-state index contributed by atoms with van der Waals surface area (Å²) < 4.78 is 11.8. The zero-order chi connectivity index (χ0) is 19.5. The molecule has 3 aromatic carbocycles. The van der Waals surface area contributed by atoms with Crippen molar-refractivity contribution in [2.45, 2.75) is 13.5 Å². The molecule has 0 N–H and O–H groups in total. The molecule has 3 heteroatoms. The predicted molar refractivity (Wildman–Crippen MR) is 114 cm³/mol. The summed E-state index contributed by atoms with van der Waals surface area (Å²) in [5, 5.41) is 0.548. The van der Waals surface area contributed by atoms with Gasteiger partial charge in [0.25, 0.3) is 0 Å². The molecule has 4 rings (SSSR count). The Hall–Kier alpha value is -3.59. The largest absolute Gasteiger partial charge is 0.489 e. The van der Waals surface area contributed by atoms with Gasteiger partial charge in [0.2, 0.25) is 5.43 Å². The van der Waals surface area contributed by atoms with Crippen molar-refractivity contribution >= 4 is 17.0 Å². The van der Waals surface area contributed by atoms with E-state index in [0.29, 0.717) is 34.6 Å². The summed E-state index contributed by atoms with van der Waals surface area (Å²) in [6.45, 7) is 6.01. The molecule has 3 nitrogen and oxygen atoms in total. The van der Waals surface area contributed by atoms with Gasteiger partial charge >= 0.3 is 0 Å². The molecule has 0 saturated heterocycles. The summed E-state index contributed by atoms with van der Waals surface area (Å²) in [4.78, 5) is 13.0. The van der Waals surface area contributed by atoms with E-state index >= 15 is 0 Å². The van der Waals surface area contributed by atoms with Gasteiger partial charge in [-0.05, 0) is 35.7 Å². The van der Waals surface area contributed by atoms with Crippen LogP contribution < -0.4 is 10.2 Å². The Bertz CT molecular complexity index is 1190. The van der Waals surface area contributed by atoms with Crippen molar-refractivity contribution in [3.63, 3.8) is 0 Å². The minimum absolute atomic E-state index is 0.0310. The van der Waals surface area contributed by atoms with Crippen molar-refractivity contribution in [1.29, 1.82) is 0 Å². The zero-order valence-corrected chi connectivity index (χ0v) is 15.6. The van der Waals surface area contributed by atoms with Gasteiger partial charge in [0.05, 0.1) is 10.9 Å². The summed E-state index contributed by atoms with van der Waals surface area (Å²) in [5.74, 6) is 1.26. The predicted octanol–water partition coefficient (Wildman–Crippen LogP) is 5.99. The molecule has 0 atom stereocenters. The van der Waals surface area contributed by atoms with Crippen LogP contribution in [0.3, 0.4) is 0 Å². The van der Waals surface area contributed by atoms with Crippen LogP contribution >= 0.6 is 0 Å². The fourth-order valence-electron chi connectivity index (χ4n) is 3.23. The molecule has 4 aromatic rings. The summed E-state index contributed by atoms with van der Waals surface area (Å²) in [7, 11) is 0. The van der Waals surface area contributed by atoms with Crippen molar-refractivity contribution in [2.75, 3.05) is 0 Å². The molecular weight excluding hydrogens is 348 g/mol. The van der Waals surface area contributed by atoms with Crippen molar-refractivity contribution in [2.24, 2.45) is 0 Å². The van der Waals surface area contributed by atoms with Crippen LogP contribution in [0.5, 0.6) is 5.75 Å². The van der Waals surface area contributed by atoms with Crippen molar-refractivity contribution in [3.05, 3.63) is 106 Å². The molecule has 0 radical (unpaired) electrons. The number of ether oxygens (including phenoxy) is 1. The molecule has 0 unspecified atom stereocenters. The van der Waals surface area contributed by atoms with Crippen LogP contribution in [0, 0.1) is 6.92 Å². The Morgan fingerprint density at radius 2 is 1.75 bits per heavy atom. The topological polar surface area (TPSA) is 39.4 Å². The van der Waals surface area contributed by atoms with E-state index in [1.54, 1.807) is 12.1 Å². The molecule has 28 heavy (non-hydrogen) atoms. The Kier molecular flexibility index (Phi) is 4.81. The monoisotopic (exact) mass is 368 g/mol. The van der Waals surface area contributed by atoms with Gasteiger partial charge in [0.15, 0.2) is 0 Å². The third-order valence-corrected chi connectivity index (χ3v) is 4.72. The molecule has 0 aliphatic heterocycles. The van der Waals surface area contributed by atoms with E-state index in [9.17, 15) is 4.79 Å². The minimum Gasteiger partial charge on any atom is -0.489 e. The molecule has 0 bridgehead atoms. The normalized spacial score (nSPS) is 10.8. The number of aryl methyl sites for hydroxylation is 1. The lowest BCUT2D eigenvalue weighted by Gasteiger charge is -2.10. The lowest BCUT2D eigenvalue weighted by Crippen LogP contribution is -2.07. The molecule has 0 amide bonds. The van der Waals surface area contributed by atoms with Gasteiger partial charge in [-0.25, -0.2) is 0 Å². The van der Waals surface area contributed by atoms with Crippen molar-refractivity contribution < 1.29 is 9.15 Å². The maximum atomic E-state index is 13.0. The van der Waals surface area contributed by atoms with Crippen LogP contribution in [0.4, 0.5) is 0 Å². The number of hydrogen-bond donors (Lipinski definition) is 0. The van der Waals surface area contributed by atoms with E-state index < -0.39 is 0 Å². The van der Waals surface area contributed by atoms with E-state index in [0.717, 1.165) is 16.7 Å². The Morgan fingerprint density at radius 1 is 1.00 bits per heavy atom. The zero-order valence-electron chi connectivity index (χ0n) is 15.6. The summed E-state index contributed by atoms with van der Waals surface area (Å²) in [5.41, 5.74) is 4.09. The van der Waals surface area contributed by atoms with Crippen molar-refractivity contribution in [1.82, 2.24) is 0 Å². The Morgan fingerprint density at radius 3 is 2.46 bits per heavy atom. The second-order valence-electron chi connectivity index (χ2n) is 6.62. The van der Waals surface area contributed by atoms with E-state index in [4.69, 9.17) is 9.15 Å². The molecule has 1 aromatic heterocycles. The quantitative estimate of drug-likeness (QED) is 0.434. The van der Waals surface area contributed by atoms with Gasteiger partial charge in [-0.3, -0.25) is 4.79 Å². The van der Waals surface area contributed by atoms with E-state index in [-0.39, 0.29) is 5.43 Å². The molecule has 0 fully saturated rings. The second kappa shape index (κ2) is 7.57. The highest BCUT2D eigenvalue weighted by Gasteiger charge is 2.13. The van der Waals surface area contributed by atoms with Gasteiger partial charge in [0, 0.05) is 6.07 Å². The van der Waals surface area contributed by atoms with Crippen LogP contribution in [0.25, 0.3) is 28.2 Å². The Labute approximate surface area is 163 Å². The smallest absolute Gasteiger partial charge is 0.200 e. The van der Waals surface area contributed by atoms with Crippen LogP contribution in [-0.4, -0.2) is 0 Å². The average molecular weight is 368 g/mol. The number of rotatable bonds is 5. The van der Waals surface area contributed by atoms with Crippen LogP contribution in [0.1, 0.15) is 16.9 Å². The van der Waals surface area contributed by atoms with Crippen LogP contribution in [0.2, 0.25) is 0 Å². The fraction of sp³-hybridized carbons (Fsp3) is 0.0800. The Balaban J connectivity index is 1.64. The SMILES string of the molecule is C=Cc1ccc(COc2ccc3c(=O)c(-c4ccccc4)c(C)oc3c2)cc1. The number of benzene rings is 3. The first-order valence-corrected chi connectivity index (χ1v) is 9.13. The maximum Gasteiger partial charge on any atom is 0.200 e. The second-order valence-corrected chi connectivity index (χ2v) is 6.62. The highest BCUT2D eigenvalue weighted by atomic mass is 16.5. The van der Waals surface area contributed by atoms with E-state index in [1.165, 1.54) is 0 Å². The van der Waals surface area contributed by atoms with E-state index in [2.05, 4.69) is 6.58 Å². The maximum absolute atomic E-state index is 13.0. The summed E-state index contributed by atoms with van der Waals surface area (Å²) in [6, 6.07) is 23.0. The van der Waals surface area contributed by atoms with Crippen LogP contribution in [-0.2, 0) is 6.61 Å². The minimum atomic E-state index is -0.0310. The van der Waals surface area contributed by atoms with Gasteiger partial charge in [-0.15, -0.1) is 0 Å². The standard InChI is InChI=1S/C25H20O3/c1-3-18-9-11-19(12-10-18)16-27-21-13-14-22-23(15-21)28-17(2)24(25(22)26)20-7-5-4-6-8-20/h3-15H,1,16H2,2H3. The molecule has 0 spiro atoms. The molecular formula is C25H20O3. The van der Waals surface area contributed by atoms with Gasteiger partial charge in [-0.1, -0.05) is 67.3 Å². The highest BCUT2D eigenvalue weighted by Crippen LogP contribution is 2.26. The van der Waals surface area contributed by atoms with Crippen LogP contribution in [0.15, 0.2) is 88.6 Å². The first-order chi connectivity index (χ1) is 13.7. The first kappa shape index (κ1) is 17.8. The highest BCUT2D eigenvalue weighted by molar-refractivity contribution is 5.83.